The average molecular weight is 419 g/mol. The van der Waals surface area contributed by atoms with Crippen molar-refractivity contribution in [1.29, 1.82) is 0 Å². The third kappa shape index (κ3) is 6.36. The molecule has 0 bridgehead atoms. The number of unbranched alkanes of at least 4 members (excludes halogenated alkanes) is 2. The number of Topliss-reactive ketones (excluding diaryl/α,β-unsaturated/α-hetero) is 1. The van der Waals surface area contributed by atoms with Gasteiger partial charge in [-0.05, 0) is 68.0 Å². The van der Waals surface area contributed by atoms with Gasteiger partial charge in [-0.2, -0.15) is 0 Å². The molecular formula is C26H27ClN2O. The number of nitrogens with zero attached hydrogens (tertiary/aromatic N) is 2. The van der Waals surface area contributed by atoms with Crippen molar-refractivity contribution >= 4 is 28.9 Å². The Morgan fingerprint density at radius 1 is 0.967 bits per heavy atom. The number of aryl methyl sites for hydroxylation is 2. The van der Waals surface area contributed by atoms with E-state index in [0.29, 0.717) is 23.0 Å². The Kier molecular flexibility index (Phi) is 7.92. The molecule has 0 N–H and O–H groups in total. The maximum absolute atomic E-state index is 12.4. The van der Waals surface area contributed by atoms with E-state index in [-0.39, 0.29) is 5.78 Å². The van der Waals surface area contributed by atoms with Crippen LogP contribution in [0, 0.1) is 6.92 Å². The first kappa shape index (κ1) is 21.9. The minimum atomic E-state index is 0.0924. The van der Waals surface area contributed by atoms with Gasteiger partial charge in [-0.1, -0.05) is 60.5 Å². The largest absolute Gasteiger partial charge is 0.293 e. The number of rotatable bonds is 9. The van der Waals surface area contributed by atoms with Crippen LogP contribution in [0.4, 0.5) is 5.82 Å². The third-order valence-corrected chi connectivity index (χ3v) is 5.33. The Hall–Kier alpha value is -2.78. The number of benzene rings is 2. The summed E-state index contributed by atoms with van der Waals surface area (Å²) in [6.45, 7) is 3.74. The molecular weight excluding hydrogens is 392 g/mol. The zero-order chi connectivity index (χ0) is 21.3. The molecule has 0 aliphatic heterocycles. The van der Waals surface area contributed by atoms with Crippen LogP contribution in [0.15, 0.2) is 71.9 Å². The van der Waals surface area contributed by atoms with Crippen LogP contribution in [0.25, 0.3) is 11.1 Å². The zero-order valence-corrected chi connectivity index (χ0v) is 18.3. The number of carbonyl (C=O) groups is 1. The highest BCUT2D eigenvalue weighted by Gasteiger charge is 2.09. The van der Waals surface area contributed by atoms with E-state index in [0.717, 1.165) is 42.4 Å². The van der Waals surface area contributed by atoms with E-state index in [1.165, 1.54) is 5.56 Å². The monoisotopic (exact) mass is 418 g/mol. The first-order chi connectivity index (χ1) is 14.5. The smallest absolute Gasteiger partial charge is 0.176 e. The van der Waals surface area contributed by atoms with Crippen molar-refractivity contribution in [2.24, 2.45) is 4.99 Å². The van der Waals surface area contributed by atoms with E-state index in [4.69, 9.17) is 11.6 Å². The molecule has 0 fully saturated rings. The molecule has 3 nitrogen and oxygen atoms in total. The Labute approximate surface area is 183 Å². The van der Waals surface area contributed by atoms with Crippen LogP contribution < -0.4 is 0 Å². The van der Waals surface area contributed by atoms with Crippen molar-refractivity contribution < 1.29 is 4.79 Å². The maximum atomic E-state index is 12.4. The Morgan fingerprint density at radius 3 is 2.50 bits per heavy atom. The topological polar surface area (TPSA) is 42.3 Å². The van der Waals surface area contributed by atoms with E-state index in [1.54, 1.807) is 13.1 Å². The molecule has 0 aliphatic carbocycles. The van der Waals surface area contributed by atoms with Gasteiger partial charge in [0.05, 0.1) is 5.71 Å². The van der Waals surface area contributed by atoms with Crippen LogP contribution in [0.5, 0.6) is 0 Å². The molecule has 0 saturated carbocycles. The fourth-order valence-electron chi connectivity index (χ4n) is 3.35. The number of pyridine rings is 1. The summed E-state index contributed by atoms with van der Waals surface area (Å²) in [7, 11) is 0. The van der Waals surface area contributed by atoms with Crippen LogP contribution in [-0.4, -0.2) is 16.5 Å². The predicted octanol–water partition coefficient (Wildman–Crippen LogP) is 7.18. The van der Waals surface area contributed by atoms with Crippen LogP contribution in [0.1, 0.15) is 43.7 Å². The van der Waals surface area contributed by atoms with Gasteiger partial charge >= 0.3 is 0 Å². The standard InChI is InChI=1S/C26H27ClN2O/c1-19-16-23(22-13-9-14-24(27)17-22)18-28-26(19)29-20(2)25(30)15-8-4-7-12-21-10-5-3-6-11-21/h3,5-6,9-11,13-14,16-18H,4,7-8,12,15H2,1-2H3/b29-20+. The van der Waals surface area contributed by atoms with Crippen molar-refractivity contribution in [3.05, 3.63) is 83.0 Å². The first-order valence-electron chi connectivity index (χ1n) is 10.4. The number of ketones is 1. The quantitative estimate of drug-likeness (QED) is 0.273. The molecule has 2 aromatic carbocycles. The highest BCUT2D eigenvalue weighted by atomic mass is 35.5. The normalized spacial score (nSPS) is 11.5. The minimum absolute atomic E-state index is 0.0924. The lowest BCUT2D eigenvalue weighted by atomic mass is 10.0. The predicted molar refractivity (Wildman–Crippen MR) is 126 cm³/mol. The van der Waals surface area contributed by atoms with Crippen molar-refractivity contribution in [2.45, 2.75) is 46.0 Å². The van der Waals surface area contributed by atoms with Gasteiger partial charge < -0.3 is 0 Å². The second-order valence-electron chi connectivity index (χ2n) is 7.54. The summed E-state index contributed by atoms with van der Waals surface area (Å²) in [6, 6.07) is 20.2. The Morgan fingerprint density at radius 2 is 1.77 bits per heavy atom. The van der Waals surface area contributed by atoms with Crippen LogP contribution in [0.2, 0.25) is 5.02 Å². The van der Waals surface area contributed by atoms with E-state index in [2.05, 4.69) is 34.2 Å². The number of halogens is 1. The van der Waals surface area contributed by atoms with Gasteiger partial charge in [0, 0.05) is 23.2 Å². The Balaban J connectivity index is 1.53. The zero-order valence-electron chi connectivity index (χ0n) is 17.6. The molecule has 154 valence electrons. The van der Waals surface area contributed by atoms with E-state index in [1.807, 2.05) is 43.3 Å². The summed E-state index contributed by atoms with van der Waals surface area (Å²) < 4.78 is 0. The molecule has 30 heavy (non-hydrogen) atoms. The fourth-order valence-corrected chi connectivity index (χ4v) is 3.54. The van der Waals surface area contributed by atoms with E-state index < -0.39 is 0 Å². The molecule has 0 aliphatic rings. The lowest BCUT2D eigenvalue weighted by Gasteiger charge is -2.07. The van der Waals surface area contributed by atoms with Crippen LogP contribution >= 0.6 is 11.6 Å². The second-order valence-corrected chi connectivity index (χ2v) is 7.98. The Bertz CT molecular complexity index is 1030. The van der Waals surface area contributed by atoms with E-state index >= 15 is 0 Å². The highest BCUT2D eigenvalue weighted by molar-refractivity contribution is 6.39. The summed E-state index contributed by atoms with van der Waals surface area (Å²) in [6.07, 6.45) is 6.39. The minimum Gasteiger partial charge on any atom is -0.293 e. The van der Waals surface area contributed by atoms with Crippen molar-refractivity contribution in [2.75, 3.05) is 0 Å². The SMILES string of the molecule is C/C(=N\c1ncc(-c2cccc(Cl)c2)cc1C)C(=O)CCCCCc1ccccc1. The average Bonchev–Trinajstić information content (AvgIpc) is 2.75. The molecule has 1 aromatic heterocycles. The van der Waals surface area contributed by atoms with Crippen molar-refractivity contribution in [1.82, 2.24) is 4.98 Å². The number of hydrogen-bond donors (Lipinski definition) is 0. The molecule has 3 rings (SSSR count). The highest BCUT2D eigenvalue weighted by Crippen LogP contribution is 2.26. The summed E-state index contributed by atoms with van der Waals surface area (Å²) in [4.78, 5) is 21.4. The van der Waals surface area contributed by atoms with Gasteiger partial charge in [-0.3, -0.25) is 4.79 Å². The number of aromatic nitrogens is 1. The van der Waals surface area contributed by atoms with Gasteiger partial charge in [0.15, 0.2) is 11.6 Å². The molecule has 3 aromatic rings. The van der Waals surface area contributed by atoms with Gasteiger partial charge in [-0.25, -0.2) is 9.98 Å². The van der Waals surface area contributed by atoms with Gasteiger partial charge in [0.1, 0.15) is 0 Å². The second kappa shape index (κ2) is 10.8. The maximum Gasteiger partial charge on any atom is 0.176 e. The molecule has 0 spiro atoms. The number of hydrogen-bond acceptors (Lipinski definition) is 3. The molecule has 0 amide bonds. The van der Waals surface area contributed by atoms with Crippen molar-refractivity contribution in [3.63, 3.8) is 0 Å². The lowest BCUT2D eigenvalue weighted by Crippen LogP contribution is -2.09. The van der Waals surface area contributed by atoms with Crippen LogP contribution in [0.3, 0.4) is 0 Å². The molecule has 0 saturated heterocycles. The summed E-state index contributed by atoms with van der Waals surface area (Å²) in [5.74, 6) is 0.686. The molecule has 0 atom stereocenters. The summed E-state index contributed by atoms with van der Waals surface area (Å²) in [5, 5.41) is 0.692. The lowest BCUT2D eigenvalue weighted by molar-refractivity contribution is -0.113. The molecule has 0 radical (unpaired) electrons. The number of aliphatic imine (C=N–C) groups is 1. The van der Waals surface area contributed by atoms with Gasteiger partial charge in [-0.15, -0.1) is 0 Å². The fraction of sp³-hybridized carbons (Fsp3) is 0.269. The van der Waals surface area contributed by atoms with Crippen molar-refractivity contribution in [3.8, 4) is 11.1 Å². The summed E-state index contributed by atoms with van der Waals surface area (Å²) in [5.41, 5.74) is 4.80. The van der Waals surface area contributed by atoms with Gasteiger partial charge in [0.2, 0.25) is 0 Å². The van der Waals surface area contributed by atoms with Crippen LogP contribution in [-0.2, 0) is 11.2 Å². The first-order valence-corrected chi connectivity index (χ1v) is 10.8. The molecule has 0 unspecified atom stereocenters. The number of carbonyl (C=O) groups excluding carboxylic acids is 1. The molecule has 1 heterocycles. The molecule has 4 heteroatoms. The summed E-state index contributed by atoms with van der Waals surface area (Å²) >= 11 is 6.08. The van der Waals surface area contributed by atoms with Gasteiger partial charge in [0.25, 0.3) is 0 Å². The third-order valence-electron chi connectivity index (χ3n) is 5.10. The van der Waals surface area contributed by atoms with E-state index in [9.17, 15) is 4.79 Å².